The van der Waals surface area contributed by atoms with E-state index in [0.717, 1.165) is 5.76 Å². The van der Waals surface area contributed by atoms with Gasteiger partial charge in [0.15, 0.2) is 0 Å². The van der Waals surface area contributed by atoms with Crippen LogP contribution >= 0.6 is 0 Å². The SMILES string of the molecule is Cc1ccc(C(C)NC(=O)N[C@@H](C)C(=O)O)o1. The second-order valence-corrected chi connectivity index (χ2v) is 3.85. The smallest absolute Gasteiger partial charge is 0.325 e. The molecule has 1 heterocycles. The number of carboxylic acids is 1. The summed E-state index contributed by atoms with van der Waals surface area (Å²) in [6.45, 7) is 4.95. The number of carboxylic acid groups (broad SMARTS) is 1. The van der Waals surface area contributed by atoms with Crippen LogP contribution in [0.15, 0.2) is 16.5 Å². The van der Waals surface area contributed by atoms with Crippen molar-refractivity contribution < 1.29 is 19.1 Å². The Morgan fingerprint density at radius 3 is 2.41 bits per heavy atom. The predicted octanol–water partition coefficient (Wildman–Crippen LogP) is 1.42. The van der Waals surface area contributed by atoms with Gasteiger partial charge in [-0.3, -0.25) is 4.79 Å². The van der Waals surface area contributed by atoms with Gasteiger partial charge < -0.3 is 20.2 Å². The van der Waals surface area contributed by atoms with Gasteiger partial charge in [0, 0.05) is 0 Å². The van der Waals surface area contributed by atoms with Gasteiger partial charge in [-0.2, -0.15) is 0 Å². The summed E-state index contributed by atoms with van der Waals surface area (Å²) in [6, 6.07) is 1.78. The molecule has 6 nitrogen and oxygen atoms in total. The van der Waals surface area contributed by atoms with E-state index in [-0.39, 0.29) is 6.04 Å². The Labute approximate surface area is 99.0 Å². The van der Waals surface area contributed by atoms with E-state index in [1.807, 2.05) is 6.92 Å². The molecule has 2 atom stereocenters. The highest BCUT2D eigenvalue weighted by Crippen LogP contribution is 2.15. The first-order valence-electron chi connectivity index (χ1n) is 5.26. The summed E-state index contributed by atoms with van der Waals surface area (Å²) >= 11 is 0. The number of carbonyl (C=O) groups excluding carboxylic acids is 1. The van der Waals surface area contributed by atoms with Crippen molar-refractivity contribution in [3.05, 3.63) is 23.7 Å². The zero-order valence-electron chi connectivity index (χ0n) is 9.98. The lowest BCUT2D eigenvalue weighted by atomic mass is 10.2. The number of aliphatic carboxylic acids is 1. The van der Waals surface area contributed by atoms with Crippen molar-refractivity contribution in [3.8, 4) is 0 Å². The molecule has 0 aromatic carbocycles. The number of hydrogen-bond acceptors (Lipinski definition) is 3. The van der Waals surface area contributed by atoms with Gasteiger partial charge in [0.25, 0.3) is 0 Å². The standard InChI is InChI=1S/C11H16N2O4/c1-6-4-5-9(17-6)7(2)12-11(16)13-8(3)10(14)15/h4-5,7-8H,1-3H3,(H,14,15)(H2,12,13,16)/t7?,8-/m0/s1. The number of carbonyl (C=O) groups is 2. The summed E-state index contributed by atoms with van der Waals surface area (Å²) in [5.41, 5.74) is 0. The minimum absolute atomic E-state index is 0.315. The van der Waals surface area contributed by atoms with Crippen LogP contribution in [-0.2, 0) is 4.79 Å². The van der Waals surface area contributed by atoms with E-state index < -0.39 is 18.0 Å². The molecular weight excluding hydrogens is 224 g/mol. The average Bonchev–Trinajstić information content (AvgIpc) is 2.64. The molecule has 0 fully saturated rings. The van der Waals surface area contributed by atoms with Crippen LogP contribution in [0.25, 0.3) is 0 Å². The third kappa shape index (κ3) is 3.82. The summed E-state index contributed by atoms with van der Waals surface area (Å²) in [5.74, 6) is 0.301. The fourth-order valence-corrected chi connectivity index (χ4v) is 1.25. The van der Waals surface area contributed by atoms with Crippen LogP contribution in [0.3, 0.4) is 0 Å². The van der Waals surface area contributed by atoms with Gasteiger partial charge in [0.1, 0.15) is 17.6 Å². The van der Waals surface area contributed by atoms with Gasteiger partial charge in [-0.1, -0.05) is 0 Å². The van der Waals surface area contributed by atoms with E-state index in [2.05, 4.69) is 10.6 Å². The topological polar surface area (TPSA) is 91.6 Å². The lowest BCUT2D eigenvalue weighted by Crippen LogP contribution is -2.45. The second-order valence-electron chi connectivity index (χ2n) is 3.85. The molecule has 2 amide bonds. The van der Waals surface area contributed by atoms with Gasteiger partial charge in [0.2, 0.25) is 0 Å². The molecule has 94 valence electrons. The third-order valence-electron chi connectivity index (χ3n) is 2.25. The highest BCUT2D eigenvalue weighted by Gasteiger charge is 2.17. The molecular formula is C11H16N2O4. The Hall–Kier alpha value is -1.98. The lowest BCUT2D eigenvalue weighted by Gasteiger charge is -2.14. The number of nitrogens with one attached hydrogen (secondary N) is 2. The minimum atomic E-state index is -1.08. The van der Waals surface area contributed by atoms with E-state index >= 15 is 0 Å². The number of rotatable bonds is 4. The molecule has 1 rings (SSSR count). The number of urea groups is 1. The van der Waals surface area contributed by atoms with E-state index in [0.29, 0.717) is 5.76 Å². The molecule has 17 heavy (non-hydrogen) atoms. The normalized spacial score (nSPS) is 13.8. The lowest BCUT2D eigenvalue weighted by molar-refractivity contribution is -0.138. The Morgan fingerprint density at radius 1 is 1.29 bits per heavy atom. The highest BCUT2D eigenvalue weighted by atomic mass is 16.4. The van der Waals surface area contributed by atoms with Crippen molar-refractivity contribution in [2.24, 2.45) is 0 Å². The third-order valence-corrected chi connectivity index (χ3v) is 2.25. The van der Waals surface area contributed by atoms with Crippen molar-refractivity contribution >= 4 is 12.0 Å². The molecule has 0 aliphatic rings. The first kappa shape index (κ1) is 13.1. The van der Waals surface area contributed by atoms with Crippen LogP contribution in [0.2, 0.25) is 0 Å². The largest absolute Gasteiger partial charge is 0.480 e. The second kappa shape index (κ2) is 5.38. The molecule has 6 heteroatoms. The molecule has 0 saturated heterocycles. The van der Waals surface area contributed by atoms with E-state index in [1.165, 1.54) is 6.92 Å². The van der Waals surface area contributed by atoms with Gasteiger partial charge in [-0.15, -0.1) is 0 Å². The summed E-state index contributed by atoms with van der Waals surface area (Å²) in [4.78, 5) is 22.0. The van der Waals surface area contributed by atoms with Crippen molar-refractivity contribution in [2.45, 2.75) is 32.9 Å². The first-order valence-corrected chi connectivity index (χ1v) is 5.26. The molecule has 0 saturated carbocycles. The maximum atomic E-state index is 11.4. The fraction of sp³-hybridized carbons (Fsp3) is 0.455. The fourth-order valence-electron chi connectivity index (χ4n) is 1.25. The predicted molar refractivity (Wildman–Crippen MR) is 60.6 cm³/mol. The Balaban J connectivity index is 2.49. The Kier molecular flexibility index (Phi) is 4.14. The van der Waals surface area contributed by atoms with Gasteiger partial charge in [0.05, 0.1) is 6.04 Å². The number of furan rings is 1. The van der Waals surface area contributed by atoms with Crippen LogP contribution in [0.4, 0.5) is 4.79 Å². The Morgan fingerprint density at radius 2 is 1.94 bits per heavy atom. The molecule has 1 unspecified atom stereocenters. The van der Waals surface area contributed by atoms with Gasteiger partial charge in [-0.25, -0.2) is 4.79 Å². The minimum Gasteiger partial charge on any atom is -0.480 e. The highest BCUT2D eigenvalue weighted by molar-refractivity contribution is 5.82. The van der Waals surface area contributed by atoms with E-state index in [4.69, 9.17) is 9.52 Å². The molecule has 0 bridgehead atoms. The monoisotopic (exact) mass is 240 g/mol. The summed E-state index contributed by atoms with van der Waals surface area (Å²) in [5, 5.41) is 13.5. The zero-order valence-corrected chi connectivity index (χ0v) is 9.98. The van der Waals surface area contributed by atoms with Gasteiger partial charge in [-0.05, 0) is 32.9 Å². The van der Waals surface area contributed by atoms with Crippen LogP contribution in [0.5, 0.6) is 0 Å². The first-order chi connectivity index (χ1) is 7.90. The van der Waals surface area contributed by atoms with E-state index in [1.54, 1.807) is 19.1 Å². The Bertz CT molecular complexity index is 413. The van der Waals surface area contributed by atoms with Crippen molar-refractivity contribution in [1.82, 2.24) is 10.6 Å². The average molecular weight is 240 g/mol. The van der Waals surface area contributed by atoms with Gasteiger partial charge >= 0.3 is 12.0 Å². The summed E-state index contributed by atoms with van der Waals surface area (Å²) in [7, 11) is 0. The van der Waals surface area contributed by atoms with Crippen LogP contribution in [0.1, 0.15) is 31.4 Å². The molecule has 3 N–H and O–H groups in total. The summed E-state index contributed by atoms with van der Waals surface area (Å²) in [6.07, 6.45) is 0. The molecule has 0 aliphatic heterocycles. The van der Waals surface area contributed by atoms with Crippen molar-refractivity contribution in [2.75, 3.05) is 0 Å². The maximum absolute atomic E-state index is 11.4. The van der Waals surface area contributed by atoms with Crippen LogP contribution in [-0.4, -0.2) is 23.1 Å². The maximum Gasteiger partial charge on any atom is 0.325 e. The quantitative estimate of drug-likeness (QED) is 0.742. The van der Waals surface area contributed by atoms with Crippen molar-refractivity contribution in [1.29, 1.82) is 0 Å². The molecule has 0 spiro atoms. The summed E-state index contributed by atoms with van der Waals surface area (Å²) < 4.78 is 5.34. The van der Waals surface area contributed by atoms with Crippen LogP contribution < -0.4 is 10.6 Å². The number of hydrogen-bond donors (Lipinski definition) is 3. The van der Waals surface area contributed by atoms with Crippen molar-refractivity contribution in [3.63, 3.8) is 0 Å². The van der Waals surface area contributed by atoms with Crippen LogP contribution in [0, 0.1) is 6.92 Å². The van der Waals surface area contributed by atoms with E-state index in [9.17, 15) is 9.59 Å². The molecule has 1 aromatic rings. The zero-order chi connectivity index (χ0) is 13.0. The molecule has 0 radical (unpaired) electrons. The molecule has 0 aliphatic carbocycles. The number of aryl methyl sites for hydroxylation is 1. The number of amides is 2. The molecule has 1 aromatic heterocycles.